The predicted octanol–water partition coefficient (Wildman–Crippen LogP) is 6.26. The second-order valence-electron chi connectivity index (χ2n) is 9.53. The minimum atomic E-state index is -0.413. The van der Waals surface area contributed by atoms with Gasteiger partial charge in [-0.25, -0.2) is 4.79 Å². The molecule has 0 bridgehead atoms. The Morgan fingerprint density at radius 3 is 2.46 bits per heavy atom. The average molecular weight is 509 g/mol. The molecule has 4 rings (SSSR count). The van der Waals surface area contributed by atoms with E-state index in [1.807, 2.05) is 54.6 Å². The Bertz CT molecular complexity index is 1150. The highest BCUT2D eigenvalue weighted by molar-refractivity contribution is 8.12. The number of amides is 1. The van der Waals surface area contributed by atoms with Crippen LogP contribution in [-0.4, -0.2) is 42.4 Å². The molecule has 0 radical (unpaired) electrons. The van der Waals surface area contributed by atoms with Gasteiger partial charge in [0.2, 0.25) is 5.91 Å². The van der Waals surface area contributed by atoms with E-state index in [-0.39, 0.29) is 23.9 Å². The second kappa shape index (κ2) is 11.5. The first kappa shape index (κ1) is 25.5. The minimum absolute atomic E-state index is 0.00269. The van der Waals surface area contributed by atoms with Crippen LogP contribution < -0.4 is 4.90 Å². The molecule has 1 fully saturated rings. The Balaban J connectivity index is 1.63. The molecule has 1 aliphatic heterocycles. The molecule has 0 saturated heterocycles. The first-order chi connectivity index (χ1) is 16.9. The lowest BCUT2D eigenvalue weighted by Gasteiger charge is -2.33. The number of nitrogens with zero attached hydrogens (tertiary/aromatic N) is 2. The fraction of sp³-hybridized carbons (Fsp3) is 0.464. The van der Waals surface area contributed by atoms with Gasteiger partial charge in [0, 0.05) is 28.2 Å². The molecule has 2 heterocycles. The number of carbonyl (C=O) groups excluding carboxylic acids is 2. The maximum absolute atomic E-state index is 13.6. The summed E-state index contributed by atoms with van der Waals surface area (Å²) in [5.74, 6) is 7.67. The van der Waals surface area contributed by atoms with Crippen molar-refractivity contribution in [2.45, 2.75) is 58.5 Å². The molecule has 35 heavy (non-hydrogen) atoms. The van der Waals surface area contributed by atoms with Crippen LogP contribution in [0.2, 0.25) is 0 Å². The highest BCUT2D eigenvalue weighted by atomic mass is 32.2. The summed E-state index contributed by atoms with van der Waals surface area (Å²) in [6.07, 6.45) is 3.95. The molecule has 1 aromatic carbocycles. The van der Waals surface area contributed by atoms with Crippen molar-refractivity contribution in [2.75, 3.05) is 17.8 Å². The quantitative estimate of drug-likeness (QED) is 0.353. The number of hydrogen-bond donors (Lipinski definition) is 0. The molecule has 7 heteroatoms. The fourth-order valence-electron chi connectivity index (χ4n) is 4.55. The molecular formula is C28H32N2O3S2. The number of hydrogen-bond acceptors (Lipinski definition) is 6. The van der Waals surface area contributed by atoms with E-state index in [1.165, 1.54) is 18.4 Å². The lowest BCUT2D eigenvalue weighted by Crippen LogP contribution is -2.42. The number of aliphatic imine (C=N–C) groups is 1. The molecule has 5 nitrogen and oxygen atoms in total. The molecule has 1 amide bonds. The standard InChI is InChI=1S/C28H32N2O3S2/c1-18(2)30(27(31)22-10-5-19(3)6-11-22)24-15-25(35-26(24)28(32)33-4)21-12-7-20(8-13-21)9-14-23-16-34-17-29-23/h7-8,12-13,15,17-19,22-23H,5-6,10-11,16H2,1-4H3. The number of thiophene rings is 1. The number of benzene rings is 1. The van der Waals surface area contributed by atoms with Gasteiger partial charge in [-0.3, -0.25) is 9.79 Å². The SMILES string of the molecule is COC(=O)c1sc(-c2ccc(C#CC3CSC=N3)cc2)cc1N(C(=O)C1CCC(C)CC1)C(C)C. The average Bonchev–Trinajstić information content (AvgIpc) is 3.53. The number of carbonyl (C=O) groups is 2. The van der Waals surface area contributed by atoms with Crippen LogP contribution in [0.25, 0.3) is 10.4 Å². The molecule has 1 saturated carbocycles. The van der Waals surface area contributed by atoms with Crippen molar-refractivity contribution in [3.63, 3.8) is 0 Å². The van der Waals surface area contributed by atoms with Crippen molar-refractivity contribution < 1.29 is 14.3 Å². The number of thioether (sulfide) groups is 1. The van der Waals surface area contributed by atoms with Crippen molar-refractivity contribution >= 4 is 46.2 Å². The van der Waals surface area contributed by atoms with Crippen LogP contribution in [-0.2, 0) is 9.53 Å². The minimum Gasteiger partial charge on any atom is -0.465 e. The summed E-state index contributed by atoms with van der Waals surface area (Å²) in [5.41, 5.74) is 4.41. The van der Waals surface area contributed by atoms with E-state index >= 15 is 0 Å². The van der Waals surface area contributed by atoms with Crippen LogP contribution in [0.3, 0.4) is 0 Å². The van der Waals surface area contributed by atoms with Gasteiger partial charge in [0.25, 0.3) is 0 Å². The first-order valence-electron chi connectivity index (χ1n) is 12.2. The van der Waals surface area contributed by atoms with E-state index in [0.717, 1.165) is 47.4 Å². The highest BCUT2D eigenvalue weighted by Crippen LogP contribution is 2.40. The Morgan fingerprint density at radius 1 is 1.14 bits per heavy atom. The van der Waals surface area contributed by atoms with Gasteiger partial charge >= 0.3 is 5.97 Å². The third-order valence-electron chi connectivity index (χ3n) is 6.58. The molecule has 2 aromatic rings. The van der Waals surface area contributed by atoms with Crippen LogP contribution in [0.1, 0.15) is 61.7 Å². The zero-order valence-corrected chi connectivity index (χ0v) is 22.4. The number of anilines is 1. The van der Waals surface area contributed by atoms with E-state index in [2.05, 4.69) is 23.8 Å². The monoisotopic (exact) mass is 508 g/mol. The molecule has 1 aromatic heterocycles. The maximum atomic E-state index is 13.6. The van der Waals surface area contributed by atoms with Gasteiger partial charge in [-0.2, -0.15) is 0 Å². The van der Waals surface area contributed by atoms with Crippen LogP contribution in [0, 0.1) is 23.7 Å². The molecule has 1 atom stereocenters. The normalized spacial score (nSPS) is 21.5. The fourth-order valence-corrected chi connectivity index (χ4v) is 6.30. The second-order valence-corrected chi connectivity index (χ2v) is 11.5. The van der Waals surface area contributed by atoms with E-state index in [4.69, 9.17) is 4.74 Å². The van der Waals surface area contributed by atoms with Gasteiger partial charge in [0.15, 0.2) is 0 Å². The number of rotatable bonds is 5. The van der Waals surface area contributed by atoms with Crippen molar-refractivity contribution in [3.05, 3.63) is 40.8 Å². The summed E-state index contributed by atoms with van der Waals surface area (Å²) >= 11 is 3.05. The van der Waals surface area contributed by atoms with E-state index in [9.17, 15) is 9.59 Å². The predicted molar refractivity (Wildman–Crippen MR) is 146 cm³/mol. The van der Waals surface area contributed by atoms with Crippen LogP contribution in [0.5, 0.6) is 0 Å². The largest absolute Gasteiger partial charge is 0.465 e. The van der Waals surface area contributed by atoms with E-state index in [1.54, 1.807) is 11.8 Å². The van der Waals surface area contributed by atoms with Crippen molar-refractivity contribution in [1.29, 1.82) is 0 Å². The Kier molecular flexibility index (Phi) is 8.35. The Morgan fingerprint density at radius 2 is 1.86 bits per heavy atom. The summed E-state index contributed by atoms with van der Waals surface area (Å²) in [5, 5.41) is 0. The van der Waals surface area contributed by atoms with Crippen LogP contribution in [0.4, 0.5) is 5.69 Å². The van der Waals surface area contributed by atoms with Crippen LogP contribution in [0.15, 0.2) is 35.3 Å². The topological polar surface area (TPSA) is 59.0 Å². The number of esters is 1. The third-order valence-corrected chi connectivity index (χ3v) is 8.52. The summed E-state index contributed by atoms with van der Waals surface area (Å²) in [6.45, 7) is 6.25. The van der Waals surface area contributed by atoms with Gasteiger partial charge in [0.1, 0.15) is 10.9 Å². The first-order valence-corrected chi connectivity index (χ1v) is 14.0. The van der Waals surface area contributed by atoms with Gasteiger partial charge in [0.05, 0.1) is 18.3 Å². The molecule has 0 spiro atoms. The number of methoxy groups -OCH3 is 1. The van der Waals surface area contributed by atoms with Gasteiger partial charge in [-0.05, 0) is 69.2 Å². The molecular weight excluding hydrogens is 476 g/mol. The molecule has 184 valence electrons. The zero-order valence-electron chi connectivity index (χ0n) is 20.7. The zero-order chi connectivity index (χ0) is 24.9. The summed E-state index contributed by atoms with van der Waals surface area (Å²) in [6, 6.07) is 9.95. The molecule has 2 aliphatic rings. The molecule has 1 unspecified atom stereocenters. The van der Waals surface area contributed by atoms with Crippen molar-refractivity contribution in [2.24, 2.45) is 16.8 Å². The smallest absolute Gasteiger partial charge is 0.350 e. The summed E-state index contributed by atoms with van der Waals surface area (Å²) in [7, 11) is 1.38. The lowest BCUT2D eigenvalue weighted by atomic mass is 9.82. The van der Waals surface area contributed by atoms with Crippen molar-refractivity contribution in [3.8, 4) is 22.3 Å². The van der Waals surface area contributed by atoms with E-state index < -0.39 is 5.97 Å². The van der Waals surface area contributed by atoms with E-state index in [0.29, 0.717) is 16.5 Å². The maximum Gasteiger partial charge on any atom is 0.350 e. The molecule has 1 aliphatic carbocycles. The molecule has 0 N–H and O–H groups in total. The van der Waals surface area contributed by atoms with Crippen molar-refractivity contribution in [1.82, 2.24) is 0 Å². The number of ether oxygens (including phenoxy) is 1. The lowest BCUT2D eigenvalue weighted by molar-refractivity contribution is -0.123. The third kappa shape index (κ3) is 5.99. The van der Waals surface area contributed by atoms with Gasteiger partial charge < -0.3 is 9.64 Å². The van der Waals surface area contributed by atoms with Gasteiger partial charge in [-0.15, -0.1) is 23.1 Å². The summed E-state index contributed by atoms with van der Waals surface area (Å²) in [4.78, 5) is 33.9. The van der Waals surface area contributed by atoms with Gasteiger partial charge in [-0.1, -0.05) is 30.9 Å². The Labute approximate surface area is 216 Å². The Hall–Kier alpha value is -2.56. The van der Waals surface area contributed by atoms with Crippen LogP contribution >= 0.6 is 23.1 Å². The highest BCUT2D eigenvalue weighted by Gasteiger charge is 2.33. The summed E-state index contributed by atoms with van der Waals surface area (Å²) < 4.78 is 5.10.